The summed E-state index contributed by atoms with van der Waals surface area (Å²) in [4.78, 5) is 24.4. The van der Waals surface area contributed by atoms with Gasteiger partial charge in [-0.05, 0) is 66.3 Å². The maximum Gasteiger partial charge on any atom is 0.336 e. The normalized spacial score (nSPS) is 13.2. The first-order valence-corrected chi connectivity index (χ1v) is 16.0. The van der Waals surface area contributed by atoms with Crippen molar-refractivity contribution >= 4 is 38.6 Å². The summed E-state index contributed by atoms with van der Waals surface area (Å²) in [5, 5.41) is 12.5. The fourth-order valence-corrected chi connectivity index (χ4v) is 6.03. The molecule has 1 amide bonds. The van der Waals surface area contributed by atoms with Gasteiger partial charge in [0.15, 0.2) is 0 Å². The number of sulfonamides is 1. The number of nitrogens with zero attached hydrogens (tertiary/aromatic N) is 1. The minimum absolute atomic E-state index is 0.0275. The van der Waals surface area contributed by atoms with Gasteiger partial charge in [0.25, 0.3) is 5.91 Å². The zero-order valence-electron chi connectivity index (χ0n) is 24.3. The van der Waals surface area contributed by atoms with E-state index in [2.05, 4.69) is 5.32 Å². The number of halogens is 1. The number of hydrogen-bond acceptors (Lipinski definition) is 7. The topological polar surface area (TPSA) is 135 Å². The number of carbonyl (C=O) groups excluding carboxylic acids is 1. The molecule has 1 aliphatic carbocycles. The lowest BCUT2D eigenvalue weighted by atomic mass is 10.0. The average molecular weight is 625 g/mol. The number of amides is 1. The highest BCUT2D eigenvalue weighted by Crippen LogP contribution is 2.48. The lowest BCUT2D eigenvalue weighted by Gasteiger charge is -2.25. The summed E-state index contributed by atoms with van der Waals surface area (Å²) in [6, 6.07) is 15.7. The Balaban J connectivity index is 1.35. The Kier molecular flexibility index (Phi) is 9.33. The summed E-state index contributed by atoms with van der Waals surface area (Å²) in [6.45, 7) is 0.572. The molecule has 1 aliphatic rings. The van der Waals surface area contributed by atoms with E-state index in [1.54, 1.807) is 24.3 Å². The van der Waals surface area contributed by atoms with Gasteiger partial charge >= 0.3 is 5.97 Å². The molecule has 232 valence electrons. The summed E-state index contributed by atoms with van der Waals surface area (Å²) in [5.74, 6) is -1.44. The van der Waals surface area contributed by atoms with Gasteiger partial charge in [-0.25, -0.2) is 17.6 Å². The number of ether oxygens (including phenoxy) is 2. The standard InChI is InChI=1S/C32H33FN2O8S/c1-34-31(36)29-26-17-25(20-7-8-20)27(18-28(26)43-30(29)21-9-11-23(33)12-10-21)35(44(2,39)40)13-14-41-15-16-42-19-22-5-3-4-6-24(22)32(37)38/h3-6,9-12,17-18,20H,7-8,13-16,19H2,1-2H3,(H,34,36)(H,37,38). The highest BCUT2D eigenvalue weighted by Gasteiger charge is 2.33. The lowest BCUT2D eigenvalue weighted by molar-refractivity contribution is 0.0427. The lowest BCUT2D eigenvalue weighted by Crippen LogP contribution is -2.34. The molecule has 44 heavy (non-hydrogen) atoms. The third kappa shape index (κ3) is 6.93. The molecule has 10 nitrogen and oxygen atoms in total. The SMILES string of the molecule is CNC(=O)c1c(-c2ccc(F)cc2)oc2cc(N(CCOCCOCc3ccccc3C(=O)O)S(C)(=O)=O)c(C3CC3)cc12. The fraction of sp³-hybridized carbons (Fsp3) is 0.312. The first-order valence-electron chi connectivity index (χ1n) is 14.1. The molecule has 3 aromatic carbocycles. The van der Waals surface area contributed by atoms with E-state index in [0.29, 0.717) is 33.3 Å². The third-order valence-corrected chi connectivity index (χ3v) is 8.58. The largest absolute Gasteiger partial charge is 0.478 e. The molecule has 1 heterocycles. The van der Waals surface area contributed by atoms with Crippen molar-refractivity contribution in [2.75, 3.05) is 44.0 Å². The van der Waals surface area contributed by atoms with Crippen molar-refractivity contribution in [1.29, 1.82) is 0 Å². The molecule has 1 aromatic heterocycles. The van der Waals surface area contributed by atoms with Crippen LogP contribution in [-0.2, 0) is 26.1 Å². The summed E-state index contributed by atoms with van der Waals surface area (Å²) in [6.07, 6.45) is 2.89. The van der Waals surface area contributed by atoms with Crippen LogP contribution >= 0.6 is 0 Å². The van der Waals surface area contributed by atoms with E-state index in [4.69, 9.17) is 13.9 Å². The molecule has 1 fully saturated rings. The number of fused-ring (bicyclic) bond motifs is 1. The van der Waals surface area contributed by atoms with Crippen molar-refractivity contribution in [2.24, 2.45) is 0 Å². The average Bonchev–Trinajstić information content (AvgIpc) is 3.77. The molecule has 12 heteroatoms. The fourth-order valence-electron chi connectivity index (χ4n) is 5.11. The van der Waals surface area contributed by atoms with Crippen LogP contribution in [0.15, 0.2) is 65.1 Å². The van der Waals surface area contributed by atoms with Crippen LogP contribution in [0.1, 0.15) is 50.6 Å². The van der Waals surface area contributed by atoms with Crippen LogP contribution in [0.3, 0.4) is 0 Å². The molecular weight excluding hydrogens is 591 g/mol. The second-order valence-electron chi connectivity index (χ2n) is 10.5. The van der Waals surface area contributed by atoms with Gasteiger partial charge in [-0.1, -0.05) is 18.2 Å². The van der Waals surface area contributed by atoms with E-state index in [-0.39, 0.29) is 56.1 Å². The van der Waals surface area contributed by atoms with Gasteiger partial charge in [-0.3, -0.25) is 9.10 Å². The van der Waals surface area contributed by atoms with Gasteiger partial charge in [-0.15, -0.1) is 0 Å². The van der Waals surface area contributed by atoms with E-state index in [1.807, 2.05) is 6.07 Å². The Bertz CT molecular complexity index is 1780. The quantitative estimate of drug-likeness (QED) is 0.184. The minimum atomic E-state index is -3.74. The van der Waals surface area contributed by atoms with E-state index in [1.165, 1.54) is 41.7 Å². The molecule has 0 spiro atoms. The molecule has 0 bridgehead atoms. The van der Waals surface area contributed by atoms with Gasteiger partial charge in [0, 0.05) is 24.1 Å². The van der Waals surface area contributed by atoms with E-state index in [0.717, 1.165) is 24.7 Å². The minimum Gasteiger partial charge on any atom is -0.478 e. The van der Waals surface area contributed by atoms with Crippen molar-refractivity contribution in [2.45, 2.75) is 25.4 Å². The molecule has 0 radical (unpaired) electrons. The molecular formula is C32H33FN2O8S. The van der Waals surface area contributed by atoms with Crippen molar-refractivity contribution in [3.63, 3.8) is 0 Å². The maximum atomic E-state index is 13.6. The maximum absolute atomic E-state index is 13.6. The molecule has 0 aliphatic heterocycles. The van der Waals surface area contributed by atoms with E-state index < -0.39 is 21.8 Å². The predicted octanol–water partition coefficient (Wildman–Crippen LogP) is 5.17. The number of benzene rings is 3. The Labute approximate surface area is 254 Å². The van der Waals surface area contributed by atoms with Crippen LogP contribution in [0.5, 0.6) is 0 Å². The zero-order valence-corrected chi connectivity index (χ0v) is 25.2. The van der Waals surface area contributed by atoms with Gasteiger partial charge in [0.2, 0.25) is 10.0 Å². The van der Waals surface area contributed by atoms with Crippen LogP contribution in [0.2, 0.25) is 0 Å². The van der Waals surface area contributed by atoms with Crippen molar-refractivity contribution in [3.05, 3.63) is 88.7 Å². The van der Waals surface area contributed by atoms with Gasteiger partial charge < -0.3 is 24.3 Å². The highest BCUT2D eigenvalue weighted by molar-refractivity contribution is 7.92. The number of hydrogen-bond donors (Lipinski definition) is 2. The number of anilines is 1. The number of carboxylic acids is 1. The van der Waals surface area contributed by atoms with Crippen molar-refractivity contribution < 1.29 is 41.4 Å². The molecule has 0 unspecified atom stereocenters. The van der Waals surface area contributed by atoms with Crippen LogP contribution < -0.4 is 9.62 Å². The second-order valence-corrected chi connectivity index (χ2v) is 12.4. The van der Waals surface area contributed by atoms with Crippen molar-refractivity contribution in [1.82, 2.24) is 5.32 Å². The Morgan fingerprint density at radius 1 is 1.05 bits per heavy atom. The molecule has 1 saturated carbocycles. The molecule has 2 N–H and O–H groups in total. The van der Waals surface area contributed by atoms with Crippen LogP contribution in [-0.4, -0.2) is 65.1 Å². The monoisotopic (exact) mass is 624 g/mol. The molecule has 0 saturated heterocycles. The zero-order chi connectivity index (χ0) is 31.4. The number of carboxylic acid groups (broad SMARTS) is 1. The molecule has 4 aromatic rings. The van der Waals surface area contributed by atoms with Gasteiger partial charge in [0.05, 0.1) is 56.0 Å². The summed E-state index contributed by atoms with van der Waals surface area (Å²) in [5.41, 5.74) is 3.10. The Morgan fingerprint density at radius 2 is 1.75 bits per heavy atom. The molecule has 5 rings (SSSR count). The first kappa shape index (κ1) is 31.2. The summed E-state index contributed by atoms with van der Waals surface area (Å²) in [7, 11) is -2.23. The van der Waals surface area contributed by atoms with E-state index >= 15 is 0 Å². The number of rotatable bonds is 14. The summed E-state index contributed by atoms with van der Waals surface area (Å²) < 4.78 is 58.4. The third-order valence-electron chi connectivity index (χ3n) is 7.40. The van der Waals surface area contributed by atoms with Crippen molar-refractivity contribution in [3.8, 4) is 11.3 Å². The first-order chi connectivity index (χ1) is 21.1. The number of carbonyl (C=O) groups is 2. The second kappa shape index (κ2) is 13.2. The van der Waals surface area contributed by atoms with Crippen LogP contribution in [0, 0.1) is 5.82 Å². The Hall–Kier alpha value is -4.26. The number of nitrogens with one attached hydrogen (secondary N) is 1. The Morgan fingerprint density at radius 3 is 2.41 bits per heavy atom. The van der Waals surface area contributed by atoms with Crippen LogP contribution in [0.25, 0.3) is 22.3 Å². The van der Waals surface area contributed by atoms with E-state index in [9.17, 15) is 27.5 Å². The molecule has 0 atom stereocenters. The smallest absolute Gasteiger partial charge is 0.336 e. The van der Waals surface area contributed by atoms with Crippen LogP contribution in [0.4, 0.5) is 10.1 Å². The van der Waals surface area contributed by atoms with Gasteiger partial charge in [0.1, 0.15) is 17.2 Å². The summed E-state index contributed by atoms with van der Waals surface area (Å²) >= 11 is 0. The highest BCUT2D eigenvalue weighted by atomic mass is 32.2. The number of furan rings is 1. The predicted molar refractivity (Wildman–Crippen MR) is 163 cm³/mol. The van der Waals surface area contributed by atoms with Gasteiger partial charge in [-0.2, -0.15) is 0 Å². The number of aromatic carboxylic acids is 1.